The molecule has 0 aliphatic carbocycles. The van der Waals surface area contributed by atoms with Crippen LogP contribution in [0, 0.1) is 5.92 Å². The second-order valence-corrected chi connectivity index (χ2v) is 3.84. The van der Waals surface area contributed by atoms with E-state index in [1.165, 1.54) is 12.0 Å². The smallest absolute Gasteiger partial charge is 0.0366 e. The molecule has 1 aliphatic heterocycles. The lowest BCUT2D eigenvalue weighted by atomic mass is 9.94. The van der Waals surface area contributed by atoms with Gasteiger partial charge in [-0.3, -0.25) is 0 Å². The van der Waals surface area contributed by atoms with Crippen molar-refractivity contribution < 1.29 is 0 Å². The summed E-state index contributed by atoms with van der Waals surface area (Å²) < 4.78 is 0. The number of rotatable bonds is 3. The van der Waals surface area contributed by atoms with Gasteiger partial charge in [-0.1, -0.05) is 44.7 Å². The van der Waals surface area contributed by atoms with Crippen molar-refractivity contribution >= 4 is 11.6 Å². The monoisotopic (exact) mass is 227 g/mol. The third kappa shape index (κ3) is 4.23. The van der Waals surface area contributed by atoms with E-state index in [0.717, 1.165) is 18.7 Å². The molecule has 1 rings (SSSR count). The Balaban J connectivity index is 0.000000921. The van der Waals surface area contributed by atoms with E-state index in [1.54, 1.807) is 0 Å². The zero-order chi connectivity index (χ0) is 11.8. The van der Waals surface area contributed by atoms with Gasteiger partial charge in [0.1, 0.15) is 0 Å². The lowest BCUT2D eigenvalue weighted by molar-refractivity contribution is 0.692. The van der Waals surface area contributed by atoms with Crippen molar-refractivity contribution in [2.24, 2.45) is 5.92 Å². The number of allylic oxidation sites excluding steroid dienone is 3. The predicted molar refractivity (Wildman–Crippen MR) is 70.2 cm³/mol. The van der Waals surface area contributed by atoms with Crippen LogP contribution in [0.3, 0.4) is 0 Å². The van der Waals surface area contributed by atoms with Crippen LogP contribution < -0.4 is 5.32 Å². The van der Waals surface area contributed by atoms with E-state index in [9.17, 15) is 0 Å². The minimum absolute atomic E-state index is 0.563. The molecule has 1 saturated heterocycles. The Bertz CT molecular complexity index is 247. The Morgan fingerprint density at radius 2 is 2.07 bits per heavy atom. The van der Waals surface area contributed by atoms with E-state index in [4.69, 9.17) is 11.6 Å². The summed E-state index contributed by atoms with van der Waals surface area (Å²) in [5.41, 5.74) is 2.32. The summed E-state index contributed by atoms with van der Waals surface area (Å²) >= 11 is 5.86. The first-order chi connectivity index (χ1) is 7.16. The molecule has 1 nitrogen and oxygen atoms in total. The summed E-state index contributed by atoms with van der Waals surface area (Å²) in [5, 5.41) is 3.95. The van der Waals surface area contributed by atoms with Crippen LogP contribution in [-0.2, 0) is 0 Å². The summed E-state index contributed by atoms with van der Waals surface area (Å²) in [6.45, 7) is 15.7. The van der Waals surface area contributed by atoms with Gasteiger partial charge in [-0.2, -0.15) is 0 Å². The quantitative estimate of drug-likeness (QED) is 0.722. The van der Waals surface area contributed by atoms with Crippen molar-refractivity contribution in [3.05, 3.63) is 35.4 Å². The molecule has 2 heteroatoms. The number of hydrogen-bond acceptors (Lipinski definition) is 1. The number of hydrogen-bond donors (Lipinski definition) is 1. The van der Waals surface area contributed by atoms with Crippen LogP contribution in [0.25, 0.3) is 0 Å². The fourth-order valence-electron chi connectivity index (χ4n) is 1.70. The Morgan fingerprint density at radius 3 is 2.40 bits per heavy atom. The Labute approximate surface area is 98.9 Å². The maximum atomic E-state index is 5.86. The molecule has 1 heterocycles. The highest BCUT2D eigenvalue weighted by Gasteiger charge is 2.18. The predicted octanol–water partition coefficient (Wildman–Crippen LogP) is 3.88. The van der Waals surface area contributed by atoms with Crippen LogP contribution in [0.15, 0.2) is 35.4 Å². The SMILES string of the molecule is C=C/C(=C(/C)C(=C)Cl)C1CCNC1.CC. The summed E-state index contributed by atoms with van der Waals surface area (Å²) in [6, 6.07) is 0. The molecular weight excluding hydrogens is 206 g/mol. The summed E-state index contributed by atoms with van der Waals surface area (Å²) in [5.74, 6) is 0.563. The Kier molecular flexibility index (Phi) is 7.45. The Morgan fingerprint density at radius 1 is 1.47 bits per heavy atom. The average molecular weight is 228 g/mol. The lowest BCUT2D eigenvalue weighted by Gasteiger charge is -2.13. The zero-order valence-electron chi connectivity index (χ0n) is 10.1. The molecule has 0 aromatic carbocycles. The first-order valence-corrected chi connectivity index (χ1v) is 5.93. The summed E-state index contributed by atoms with van der Waals surface area (Å²) in [6.07, 6.45) is 3.07. The highest BCUT2D eigenvalue weighted by atomic mass is 35.5. The molecule has 0 spiro atoms. The Hall–Kier alpha value is -0.530. The molecule has 86 valence electrons. The molecule has 0 saturated carbocycles. The molecule has 0 radical (unpaired) electrons. The standard InChI is InChI=1S/C11H16ClN.C2H6/c1-4-11(8(2)9(3)12)10-5-6-13-7-10;1-2/h4,10,13H,1,3,5-7H2,2H3;1-2H3/b11-8+;. The molecule has 0 aromatic heterocycles. The molecule has 0 bridgehead atoms. The first-order valence-electron chi connectivity index (χ1n) is 5.55. The van der Waals surface area contributed by atoms with Gasteiger partial charge in [0.2, 0.25) is 0 Å². The van der Waals surface area contributed by atoms with Crippen molar-refractivity contribution in [3.63, 3.8) is 0 Å². The van der Waals surface area contributed by atoms with E-state index in [2.05, 4.69) is 18.5 Å². The van der Waals surface area contributed by atoms with Crippen molar-refractivity contribution in [2.75, 3.05) is 13.1 Å². The molecular formula is C13H22ClN. The third-order valence-electron chi connectivity index (χ3n) is 2.56. The lowest BCUT2D eigenvalue weighted by Crippen LogP contribution is -2.10. The van der Waals surface area contributed by atoms with E-state index in [1.807, 2.05) is 26.8 Å². The van der Waals surface area contributed by atoms with Gasteiger partial charge >= 0.3 is 0 Å². The van der Waals surface area contributed by atoms with Crippen LogP contribution >= 0.6 is 11.6 Å². The second-order valence-electron chi connectivity index (χ2n) is 3.38. The van der Waals surface area contributed by atoms with E-state index in [0.29, 0.717) is 11.0 Å². The van der Waals surface area contributed by atoms with Gasteiger partial charge in [0.05, 0.1) is 0 Å². The van der Waals surface area contributed by atoms with Gasteiger partial charge in [0.25, 0.3) is 0 Å². The number of halogens is 1. The number of nitrogens with one attached hydrogen (secondary N) is 1. The minimum atomic E-state index is 0.563. The van der Waals surface area contributed by atoms with Gasteiger partial charge in [-0.15, -0.1) is 0 Å². The molecule has 1 fully saturated rings. The molecule has 0 amide bonds. The molecule has 1 unspecified atom stereocenters. The van der Waals surface area contributed by atoms with E-state index in [-0.39, 0.29) is 0 Å². The van der Waals surface area contributed by atoms with Crippen molar-refractivity contribution in [1.82, 2.24) is 5.32 Å². The van der Waals surface area contributed by atoms with Gasteiger partial charge in [0, 0.05) is 11.6 Å². The van der Waals surface area contributed by atoms with Crippen LogP contribution in [0.2, 0.25) is 0 Å². The van der Waals surface area contributed by atoms with E-state index < -0.39 is 0 Å². The van der Waals surface area contributed by atoms with Crippen molar-refractivity contribution in [2.45, 2.75) is 27.2 Å². The average Bonchev–Trinajstić information content (AvgIpc) is 2.75. The fraction of sp³-hybridized carbons (Fsp3) is 0.538. The fourth-order valence-corrected chi connectivity index (χ4v) is 1.81. The molecule has 15 heavy (non-hydrogen) atoms. The normalized spacial score (nSPS) is 21.2. The maximum absolute atomic E-state index is 5.86. The van der Waals surface area contributed by atoms with Gasteiger partial charge < -0.3 is 5.32 Å². The minimum Gasteiger partial charge on any atom is -0.316 e. The van der Waals surface area contributed by atoms with Gasteiger partial charge in [-0.05, 0) is 37.0 Å². The molecule has 0 aromatic rings. The van der Waals surface area contributed by atoms with Crippen LogP contribution in [-0.4, -0.2) is 13.1 Å². The van der Waals surface area contributed by atoms with Crippen LogP contribution in [0.4, 0.5) is 0 Å². The summed E-state index contributed by atoms with van der Waals surface area (Å²) in [4.78, 5) is 0. The maximum Gasteiger partial charge on any atom is 0.0366 e. The van der Waals surface area contributed by atoms with Crippen molar-refractivity contribution in [1.29, 1.82) is 0 Å². The first kappa shape index (κ1) is 14.5. The van der Waals surface area contributed by atoms with Crippen LogP contribution in [0.1, 0.15) is 27.2 Å². The second kappa shape index (κ2) is 7.72. The highest BCUT2D eigenvalue weighted by Crippen LogP contribution is 2.26. The van der Waals surface area contributed by atoms with Crippen molar-refractivity contribution in [3.8, 4) is 0 Å². The van der Waals surface area contributed by atoms with E-state index >= 15 is 0 Å². The molecule has 1 aliphatic rings. The van der Waals surface area contributed by atoms with Gasteiger partial charge in [0.15, 0.2) is 0 Å². The molecule has 1 N–H and O–H groups in total. The largest absolute Gasteiger partial charge is 0.316 e. The van der Waals surface area contributed by atoms with Gasteiger partial charge in [-0.25, -0.2) is 0 Å². The third-order valence-corrected chi connectivity index (χ3v) is 2.84. The zero-order valence-corrected chi connectivity index (χ0v) is 10.8. The molecule has 1 atom stereocenters. The van der Waals surface area contributed by atoms with Crippen LogP contribution in [0.5, 0.6) is 0 Å². The summed E-state index contributed by atoms with van der Waals surface area (Å²) in [7, 11) is 0. The topological polar surface area (TPSA) is 12.0 Å². The highest BCUT2D eigenvalue weighted by molar-refractivity contribution is 6.31.